The minimum absolute atomic E-state index is 0.0411. The number of nitrogens with one attached hydrogen (secondary N) is 3. The molecule has 0 unspecified atom stereocenters. The van der Waals surface area contributed by atoms with Crippen LogP contribution in [0.4, 0.5) is 26.7 Å². The SMILES string of the molecule is O=C1NC(=O)[C@](CNC(=O)c2ccc(F)cc2-c2ccc(C(F)(F)F)cc2)(C23CC(F)(C2)C3)N1. The summed E-state index contributed by atoms with van der Waals surface area (Å²) in [5.41, 5.74) is -4.41. The van der Waals surface area contributed by atoms with Crippen LogP contribution in [0.15, 0.2) is 42.5 Å². The molecule has 1 atom stereocenters. The summed E-state index contributed by atoms with van der Waals surface area (Å²) in [7, 11) is 0. The highest BCUT2D eigenvalue weighted by molar-refractivity contribution is 6.09. The number of halogens is 5. The van der Waals surface area contributed by atoms with Crippen molar-refractivity contribution < 1.29 is 36.3 Å². The number of carbonyl (C=O) groups is 3. The topological polar surface area (TPSA) is 87.3 Å². The highest BCUT2D eigenvalue weighted by atomic mass is 19.4. The van der Waals surface area contributed by atoms with Crippen LogP contribution in [0.25, 0.3) is 11.1 Å². The van der Waals surface area contributed by atoms with Gasteiger partial charge in [0.15, 0.2) is 0 Å². The zero-order valence-electron chi connectivity index (χ0n) is 17.5. The fourth-order valence-corrected chi connectivity index (χ4v) is 5.39. The molecule has 2 aromatic carbocycles. The number of amides is 4. The first-order chi connectivity index (χ1) is 15.9. The summed E-state index contributed by atoms with van der Waals surface area (Å²) in [6.07, 6.45) is -4.31. The number of rotatable bonds is 5. The second kappa shape index (κ2) is 7.00. The fourth-order valence-electron chi connectivity index (χ4n) is 5.39. The van der Waals surface area contributed by atoms with Gasteiger partial charge in [-0.15, -0.1) is 0 Å². The lowest BCUT2D eigenvalue weighted by atomic mass is 9.36. The third-order valence-corrected chi connectivity index (χ3v) is 7.08. The summed E-state index contributed by atoms with van der Waals surface area (Å²) >= 11 is 0. The van der Waals surface area contributed by atoms with Gasteiger partial charge in [-0.05, 0) is 60.7 Å². The van der Waals surface area contributed by atoms with Crippen LogP contribution in [0.1, 0.15) is 35.2 Å². The second-order valence-corrected chi connectivity index (χ2v) is 9.22. The van der Waals surface area contributed by atoms with Crippen molar-refractivity contribution in [1.82, 2.24) is 16.0 Å². The summed E-state index contributed by atoms with van der Waals surface area (Å²) in [4.78, 5) is 37.6. The molecule has 0 radical (unpaired) electrons. The number of urea groups is 1. The molecule has 2 bridgehead atoms. The van der Waals surface area contributed by atoms with E-state index < -0.39 is 52.0 Å². The lowest BCUT2D eigenvalue weighted by molar-refractivity contribution is -0.246. The quantitative estimate of drug-likeness (QED) is 0.452. The number of alkyl halides is 4. The molecule has 4 aliphatic rings. The van der Waals surface area contributed by atoms with Gasteiger partial charge in [-0.1, -0.05) is 12.1 Å². The van der Waals surface area contributed by atoms with Crippen molar-refractivity contribution in [2.75, 3.05) is 6.54 Å². The third kappa shape index (κ3) is 3.24. The maximum absolute atomic E-state index is 14.2. The van der Waals surface area contributed by atoms with Gasteiger partial charge in [0.05, 0.1) is 12.1 Å². The van der Waals surface area contributed by atoms with Crippen molar-refractivity contribution in [3.63, 3.8) is 0 Å². The van der Waals surface area contributed by atoms with Crippen LogP contribution in [-0.2, 0) is 11.0 Å². The Morgan fingerprint density at radius 3 is 2.21 bits per heavy atom. The number of hydrogen-bond donors (Lipinski definition) is 3. The number of imide groups is 1. The van der Waals surface area contributed by atoms with E-state index in [9.17, 15) is 36.3 Å². The molecule has 0 aromatic heterocycles. The minimum Gasteiger partial charge on any atom is -0.349 e. The second-order valence-electron chi connectivity index (χ2n) is 9.22. The van der Waals surface area contributed by atoms with Crippen LogP contribution < -0.4 is 16.0 Å². The molecular weight excluding hydrogens is 461 g/mol. The van der Waals surface area contributed by atoms with E-state index >= 15 is 0 Å². The van der Waals surface area contributed by atoms with Gasteiger partial charge in [0.1, 0.15) is 17.0 Å². The van der Waals surface area contributed by atoms with E-state index in [1.165, 1.54) is 6.07 Å². The Morgan fingerprint density at radius 2 is 1.68 bits per heavy atom. The van der Waals surface area contributed by atoms with Gasteiger partial charge in [0.25, 0.3) is 11.8 Å². The van der Waals surface area contributed by atoms with E-state index in [2.05, 4.69) is 16.0 Å². The summed E-state index contributed by atoms with van der Waals surface area (Å²) in [6, 6.07) is 6.38. The molecule has 0 spiro atoms. The predicted octanol–water partition coefficient (Wildman–Crippen LogP) is 3.71. The van der Waals surface area contributed by atoms with Crippen molar-refractivity contribution in [3.05, 3.63) is 59.4 Å². The maximum Gasteiger partial charge on any atom is 0.416 e. The van der Waals surface area contributed by atoms with Gasteiger partial charge in [-0.2, -0.15) is 13.2 Å². The molecule has 34 heavy (non-hydrogen) atoms. The average molecular weight is 479 g/mol. The zero-order valence-corrected chi connectivity index (χ0v) is 17.5. The highest BCUT2D eigenvalue weighted by Crippen LogP contribution is 2.73. The smallest absolute Gasteiger partial charge is 0.349 e. The molecule has 11 heteroatoms. The van der Waals surface area contributed by atoms with Gasteiger partial charge < -0.3 is 10.6 Å². The van der Waals surface area contributed by atoms with Gasteiger partial charge in [0, 0.05) is 11.0 Å². The first-order valence-electron chi connectivity index (χ1n) is 10.4. The normalized spacial score (nSPS) is 29.6. The Labute approximate surface area is 189 Å². The van der Waals surface area contributed by atoms with Crippen LogP contribution in [0, 0.1) is 11.2 Å². The van der Waals surface area contributed by atoms with Gasteiger partial charge >= 0.3 is 12.2 Å². The van der Waals surface area contributed by atoms with E-state index in [1.54, 1.807) is 0 Å². The Balaban J connectivity index is 1.41. The van der Waals surface area contributed by atoms with Gasteiger partial charge in [0.2, 0.25) is 0 Å². The largest absolute Gasteiger partial charge is 0.416 e. The van der Waals surface area contributed by atoms with Crippen LogP contribution in [0.2, 0.25) is 0 Å². The Morgan fingerprint density at radius 1 is 1.03 bits per heavy atom. The maximum atomic E-state index is 14.2. The molecule has 4 fully saturated rings. The van der Waals surface area contributed by atoms with E-state index in [0.717, 1.165) is 36.4 Å². The molecule has 1 aliphatic heterocycles. The van der Waals surface area contributed by atoms with Crippen LogP contribution in [0.3, 0.4) is 0 Å². The molecular formula is C23H18F5N3O3. The number of hydrogen-bond acceptors (Lipinski definition) is 3. The predicted molar refractivity (Wildman–Crippen MR) is 109 cm³/mol. The fraction of sp³-hybridized carbons (Fsp3) is 0.348. The first-order valence-corrected chi connectivity index (χ1v) is 10.4. The minimum atomic E-state index is -4.55. The lowest BCUT2D eigenvalue weighted by Gasteiger charge is -2.70. The van der Waals surface area contributed by atoms with Gasteiger partial charge in [-0.3, -0.25) is 14.9 Å². The van der Waals surface area contributed by atoms with Crippen molar-refractivity contribution in [1.29, 1.82) is 0 Å². The molecule has 3 N–H and O–H groups in total. The standard InChI is InChI=1S/C23H18F5N3O3/c24-14-5-6-15(16(7-14)12-1-3-13(4-2-12)23(26,27)28)17(32)29-11-22(18(33)30-19(34)31-22)20-8-21(25,9-20)10-20/h1-7H,8-11H2,(H,29,32)(H2,30,31,33,34)/t20?,21?,22-/m1/s1. The van der Waals surface area contributed by atoms with E-state index in [-0.39, 0.29) is 42.5 Å². The molecule has 178 valence electrons. The van der Waals surface area contributed by atoms with Crippen LogP contribution in [0.5, 0.6) is 0 Å². The first kappa shape index (κ1) is 22.3. The molecule has 1 saturated heterocycles. The lowest BCUT2D eigenvalue weighted by Crippen LogP contribution is -2.80. The zero-order chi connectivity index (χ0) is 24.5. The van der Waals surface area contributed by atoms with E-state index in [4.69, 9.17) is 0 Å². The molecule has 3 aliphatic carbocycles. The van der Waals surface area contributed by atoms with Gasteiger partial charge in [-0.25, -0.2) is 13.6 Å². The Kier molecular flexibility index (Phi) is 4.59. The third-order valence-electron chi connectivity index (χ3n) is 7.08. The summed E-state index contributed by atoms with van der Waals surface area (Å²) in [5, 5.41) is 7.26. The Hall–Kier alpha value is -3.50. The van der Waals surface area contributed by atoms with Crippen LogP contribution in [-0.4, -0.2) is 35.6 Å². The molecule has 6 rings (SSSR count). The van der Waals surface area contributed by atoms with Crippen molar-refractivity contribution in [2.24, 2.45) is 5.41 Å². The summed E-state index contributed by atoms with van der Waals surface area (Å²) < 4.78 is 66.8. The van der Waals surface area contributed by atoms with Crippen LogP contribution >= 0.6 is 0 Å². The number of benzene rings is 2. The molecule has 2 aromatic rings. The summed E-state index contributed by atoms with van der Waals surface area (Å²) in [6.45, 7) is -0.330. The van der Waals surface area contributed by atoms with E-state index in [0.29, 0.717) is 0 Å². The molecule has 1 heterocycles. The van der Waals surface area contributed by atoms with Crippen molar-refractivity contribution in [2.45, 2.75) is 36.6 Å². The average Bonchev–Trinajstić information content (AvgIpc) is 3.02. The molecule has 3 saturated carbocycles. The monoisotopic (exact) mass is 479 g/mol. The number of carbonyl (C=O) groups excluding carboxylic acids is 3. The van der Waals surface area contributed by atoms with Crippen molar-refractivity contribution in [3.8, 4) is 11.1 Å². The Bertz CT molecular complexity index is 1210. The highest BCUT2D eigenvalue weighted by Gasteiger charge is 2.79. The molecule has 4 amide bonds. The van der Waals surface area contributed by atoms with Crippen molar-refractivity contribution >= 4 is 17.8 Å². The molecule has 6 nitrogen and oxygen atoms in total. The van der Waals surface area contributed by atoms with E-state index in [1.807, 2.05) is 0 Å². The summed E-state index contributed by atoms with van der Waals surface area (Å²) in [5.74, 6) is -2.10.